The number of hydrogen-bond donors (Lipinski definition) is 5. The Kier molecular flexibility index (Phi) is 13.2. The molecule has 3 aromatic rings. The van der Waals surface area contributed by atoms with Crippen LogP contribution in [0.3, 0.4) is 0 Å². The average Bonchev–Trinajstić information content (AvgIpc) is 2.91. The van der Waals surface area contributed by atoms with E-state index in [9.17, 15) is 34.2 Å². The van der Waals surface area contributed by atoms with E-state index in [1.54, 1.807) is 0 Å². The smallest absolute Gasteiger partial charge is 0.322 e. The highest BCUT2D eigenvalue weighted by atomic mass is 35.5. The van der Waals surface area contributed by atoms with Crippen LogP contribution in [0, 0.1) is 0 Å². The Morgan fingerprint density at radius 2 is 1.07 bits per heavy atom. The minimum Gasteiger partial charge on any atom is -0.480 e. The molecule has 14 heteroatoms. The van der Waals surface area contributed by atoms with Gasteiger partial charge in [-0.15, -0.1) is 0 Å². The third-order valence-electron chi connectivity index (χ3n) is 5.69. The number of carboxylic acid groups (broad SMARTS) is 3. The summed E-state index contributed by atoms with van der Waals surface area (Å²) in [6.07, 6.45) is 0.395. The van der Waals surface area contributed by atoms with Crippen LogP contribution in [0.5, 0.6) is 0 Å². The number of benzene rings is 3. The van der Waals surface area contributed by atoms with Gasteiger partial charge >= 0.3 is 17.9 Å². The van der Waals surface area contributed by atoms with Gasteiger partial charge in [-0.3, -0.25) is 24.0 Å². The van der Waals surface area contributed by atoms with Crippen LogP contribution in [0.1, 0.15) is 28.5 Å². The number of carbonyl (C=O) groups excluding carboxylic acids is 2. The second kappa shape index (κ2) is 16.1. The van der Waals surface area contributed by atoms with Crippen LogP contribution in [-0.2, 0) is 30.4 Å². The van der Waals surface area contributed by atoms with Crippen molar-refractivity contribution in [1.82, 2.24) is 5.32 Å². The molecule has 10 nitrogen and oxygen atoms in total. The monoisotopic (exact) mass is 656 g/mol. The van der Waals surface area contributed by atoms with Gasteiger partial charge in [0, 0.05) is 31.2 Å². The lowest BCUT2D eigenvalue weighted by atomic mass is 9.83. The fraction of sp³-hybridized carbons (Fsp3) is 0.179. The summed E-state index contributed by atoms with van der Waals surface area (Å²) in [6, 6.07) is 16.9. The Bertz CT molecular complexity index is 1360. The normalized spacial score (nSPS) is 12.6. The van der Waals surface area contributed by atoms with Gasteiger partial charge in [0.25, 0.3) is 0 Å². The number of carboxylic acids is 3. The summed E-state index contributed by atoms with van der Waals surface area (Å²) in [7, 11) is 0. The highest BCUT2D eigenvalue weighted by Crippen LogP contribution is 2.39. The number of amides is 1. The van der Waals surface area contributed by atoms with Gasteiger partial charge in [0.1, 0.15) is 18.4 Å². The van der Waals surface area contributed by atoms with Crippen LogP contribution in [0.15, 0.2) is 66.7 Å². The van der Waals surface area contributed by atoms with Crippen molar-refractivity contribution in [2.24, 2.45) is 5.73 Å². The van der Waals surface area contributed by atoms with Gasteiger partial charge in [0.05, 0.1) is 6.04 Å². The maximum Gasteiger partial charge on any atom is 0.322 e. The number of carbonyl (C=O) groups is 5. The van der Waals surface area contributed by atoms with Gasteiger partial charge in [0.2, 0.25) is 5.91 Å². The first-order valence-corrected chi connectivity index (χ1v) is 13.4. The van der Waals surface area contributed by atoms with E-state index in [1.165, 1.54) is 36.4 Å². The fourth-order valence-corrected chi connectivity index (χ4v) is 5.00. The van der Waals surface area contributed by atoms with Gasteiger partial charge in [-0.25, -0.2) is 0 Å². The van der Waals surface area contributed by atoms with E-state index in [1.807, 2.05) is 30.3 Å². The highest BCUT2D eigenvalue weighted by Gasteiger charge is 2.42. The number of halogens is 4. The molecule has 0 spiro atoms. The second-order valence-electron chi connectivity index (χ2n) is 8.62. The molecule has 0 saturated heterocycles. The second-order valence-corrected chi connectivity index (χ2v) is 10.3. The van der Waals surface area contributed by atoms with Crippen LogP contribution >= 0.6 is 46.4 Å². The minimum atomic E-state index is -1.91. The number of rotatable bonds is 11. The van der Waals surface area contributed by atoms with Crippen LogP contribution in [-0.4, -0.2) is 57.5 Å². The Hall–Kier alpha value is -3.67. The number of nitrogens with one attached hydrogen (secondary N) is 1. The number of Topliss-reactive ketones (excluding diaryl/α,β-unsaturated/α-hetero) is 1. The van der Waals surface area contributed by atoms with E-state index >= 15 is 0 Å². The molecule has 0 aliphatic rings. The first-order chi connectivity index (χ1) is 19.8. The molecule has 6 N–H and O–H groups in total. The molecule has 0 saturated carbocycles. The summed E-state index contributed by atoms with van der Waals surface area (Å²) in [5.74, 6) is -9.73. The lowest BCUT2D eigenvalue weighted by molar-refractivity contribution is -0.147. The molecule has 222 valence electrons. The molecule has 0 bridgehead atoms. The molecular weight excluding hydrogens is 634 g/mol. The number of nitrogens with two attached hydrogens (primary N) is 1. The quantitative estimate of drug-likeness (QED) is 0.183. The van der Waals surface area contributed by atoms with Crippen LogP contribution in [0.2, 0.25) is 20.1 Å². The zero-order valence-corrected chi connectivity index (χ0v) is 24.5. The highest BCUT2D eigenvalue weighted by molar-refractivity contribution is 6.39. The van der Waals surface area contributed by atoms with Crippen molar-refractivity contribution in [3.63, 3.8) is 0 Å². The predicted molar refractivity (Wildman–Crippen MR) is 157 cm³/mol. The van der Waals surface area contributed by atoms with Crippen LogP contribution in [0.4, 0.5) is 0 Å². The Morgan fingerprint density at radius 1 is 0.667 bits per heavy atom. The Labute approximate surface area is 259 Å². The van der Waals surface area contributed by atoms with E-state index in [0.29, 0.717) is 6.42 Å². The van der Waals surface area contributed by atoms with E-state index in [-0.39, 0.29) is 31.2 Å². The molecule has 3 atom stereocenters. The van der Waals surface area contributed by atoms with E-state index < -0.39 is 54.0 Å². The third kappa shape index (κ3) is 9.43. The number of aliphatic carboxylic acids is 3. The standard InChI is InChI=1S/C17H10Cl4O5.C11H14N2O3/c18-7-3-1-4-8(19)11(7)13(16(23)24)15(22)14(17(25)26)12-9(20)5-2-6-10(12)21;12-9(11(16)13-7-10(14)15)6-8-4-2-1-3-5-8/h1-6,13-14H,(H,23,24)(H,25,26);1-5,9H,6-7,12H2,(H,13,16)(H,14,15)/t;9-/m.0/s1. The van der Waals surface area contributed by atoms with Gasteiger partial charge in [-0.1, -0.05) is 88.9 Å². The molecule has 0 fully saturated rings. The molecule has 2 unspecified atom stereocenters. The lowest BCUT2D eigenvalue weighted by Crippen LogP contribution is -2.43. The molecule has 0 aliphatic carbocycles. The number of hydrogen-bond acceptors (Lipinski definition) is 6. The molecular formula is C28H24Cl4N2O8. The van der Waals surface area contributed by atoms with Gasteiger partial charge in [-0.05, 0) is 36.2 Å². The molecule has 0 radical (unpaired) electrons. The maximum atomic E-state index is 12.9. The van der Waals surface area contributed by atoms with Crippen molar-refractivity contribution in [1.29, 1.82) is 0 Å². The first-order valence-electron chi connectivity index (χ1n) is 11.9. The van der Waals surface area contributed by atoms with Crippen molar-refractivity contribution in [2.75, 3.05) is 6.54 Å². The summed E-state index contributed by atoms with van der Waals surface area (Å²) < 4.78 is 0. The van der Waals surface area contributed by atoms with Crippen molar-refractivity contribution in [3.8, 4) is 0 Å². The van der Waals surface area contributed by atoms with E-state index in [0.717, 1.165) is 5.56 Å². The van der Waals surface area contributed by atoms with Crippen molar-refractivity contribution in [2.45, 2.75) is 24.3 Å². The largest absolute Gasteiger partial charge is 0.480 e. The molecule has 42 heavy (non-hydrogen) atoms. The minimum absolute atomic E-state index is 0.0763. The van der Waals surface area contributed by atoms with Crippen LogP contribution in [0.25, 0.3) is 0 Å². The van der Waals surface area contributed by atoms with Gasteiger partial charge in [0.15, 0.2) is 5.78 Å². The molecule has 0 aromatic heterocycles. The molecule has 1 amide bonds. The summed E-state index contributed by atoms with van der Waals surface area (Å²) in [6.45, 7) is -0.401. The van der Waals surface area contributed by atoms with Crippen molar-refractivity contribution in [3.05, 3.63) is 104 Å². The molecule has 0 heterocycles. The molecule has 0 aliphatic heterocycles. The zero-order chi connectivity index (χ0) is 31.6. The van der Waals surface area contributed by atoms with E-state index in [2.05, 4.69) is 5.32 Å². The lowest BCUT2D eigenvalue weighted by Gasteiger charge is -2.21. The SMILES string of the molecule is N[C@@H](Cc1ccccc1)C(=O)NCC(=O)O.O=C(O)C(C(=O)C(C(=O)O)c1c(Cl)cccc1Cl)c1c(Cl)cccc1Cl. The van der Waals surface area contributed by atoms with Crippen molar-refractivity contribution < 1.29 is 39.3 Å². The van der Waals surface area contributed by atoms with Crippen LogP contribution < -0.4 is 11.1 Å². The summed E-state index contributed by atoms with van der Waals surface area (Å²) >= 11 is 24.0. The van der Waals surface area contributed by atoms with Crippen molar-refractivity contribution >= 4 is 76.0 Å². The Morgan fingerprint density at radius 3 is 1.43 bits per heavy atom. The maximum absolute atomic E-state index is 12.9. The topological polar surface area (TPSA) is 184 Å². The summed E-state index contributed by atoms with van der Waals surface area (Å²) in [4.78, 5) is 58.1. The summed E-state index contributed by atoms with van der Waals surface area (Å²) in [5.41, 5.74) is 6.19. The summed E-state index contributed by atoms with van der Waals surface area (Å²) in [5, 5.41) is 29.4. The molecule has 3 aromatic carbocycles. The Balaban J connectivity index is 0.000000330. The van der Waals surface area contributed by atoms with Gasteiger partial charge < -0.3 is 26.4 Å². The predicted octanol–water partition coefficient (Wildman–Crippen LogP) is 4.66. The molecule has 3 rings (SSSR count). The number of ketones is 1. The fourth-order valence-electron chi connectivity index (χ4n) is 3.77. The average molecular weight is 658 g/mol. The van der Waals surface area contributed by atoms with E-state index in [4.69, 9.17) is 57.2 Å². The first kappa shape index (κ1) is 34.5. The zero-order valence-electron chi connectivity index (χ0n) is 21.5. The van der Waals surface area contributed by atoms with Gasteiger partial charge in [-0.2, -0.15) is 0 Å². The third-order valence-corrected chi connectivity index (χ3v) is 7.01.